The van der Waals surface area contributed by atoms with E-state index < -0.39 is 0 Å². The van der Waals surface area contributed by atoms with Crippen LogP contribution < -0.4 is 11.3 Å². The fourth-order valence-corrected chi connectivity index (χ4v) is 0.650. The summed E-state index contributed by atoms with van der Waals surface area (Å²) in [4.78, 5) is 20.2. The van der Waals surface area contributed by atoms with Crippen molar-refractivity contribution < 1.29 is 8.83 Å². The maximum Gasteiger partial charge on any atom is 0.335 e. The standard InChI is InChI=1S/2C5H4O2.Na/c2*6-5-3-1-2-4-7-5;/h2*1-4H;. The van der Waals surface area contributed by atoms with Crippen LogP contribution in [0, 0.1) is 0 Å². The Kier molecular flexibility index (Phi) is 7.62. The van der Waals surface area contributed by atoms with Gasteiger partial charge in [0.25, 0.3) is 0 Å². The topological polar surface area (TPSA) is 60.4 Å². The van der Waals surface area contributed by atoms with Crippen LogP contribution in [0.25, 0.3) is 0 Å². The minimum absolute atomic E-state index is 0. The van der Waals surface area contributed by atoms with Gasteiger partial charge in [-0.25, -0.2) is 9.59 Å². The number of hydrogen-bond acceptors (Lipinski definition) is 4. The first kappa shape index (κ1) is 13.9. The molecule has 0 saturated carbocycles. The smallest absolute Gasteiger partial charge is 0.335 e. The molecule has 2 aromatic heterocycles. The van der Waals surface area contributed by atoms with Crippen molar-refractivity contribution in [1.82, 2.24) is 0 Å². The Bertz CT molecular complexity index is 394. The van der Waals surface area contributed by atoms with Gasteiger partial charge < -0.3 is 8.83 Å². The van der Waals surface area contributed by atoms with Crippen LogP contribution in [0.2, 0.25) is 0 Å². The largest absolute Gasteiger partial charge is 0.431 e. The predicted molar refractivity (Wildman–Crippen MR) is 55.7 cm³/mol. The van der Waals surface area contributed by atoms with Gasteiger partial charge in [-0.15, -0.1) is 0 Å². The minimum Gasteiger partial charge on any atom is -0.431 e. The Balaban J connectivity index is 0.000000245. The van der Waals surface area contributed by atoms with E-state index in [0.717, 1.165) is 0 Å². The third-order valence-electron chi connectivity index (χ3n) is 1.21. The van der Waals surface area contributed by atoms with Gasteiger partial charge in [-0.1, -0.05) is 12.1 Å². The van der Waals surface area contributed by atoms with Crippen molar-refractivity contribution in [1.29, 1.82) is 0 Å². The summed E-state index contributed by atoms with van der Waals surface area (Å²) >= 11 is 0. The van der Waals surface area contributed by atoms with Gasteiger partial charge in [0.05, 0.1) is 12.5 Å². The van der Waals surface area contributed by atoms with Crippen LogP contribution in [0.5, 0.6) is 0 Å². The van der Waals surface area contributed by atoms with Crippen LogP contribution >= 0.6 is 0 Å². The van der Waals surface area contributed by atoms with E-state index in [9.17, 15) is 9.59 Å². The SMILES string of the molecule is O=c1cccco1.O=c1cccco1.[Na]. The summed E-state index contributed by atoms with van der Waals surface area (Å²) in [6.07, 6.45) is 2.70. The van der Waals surface area contributed by atoms with Crippen molar-refractivity contribution in [3.8, 4) is 0 Å². The fourth-order valence-electron chi connectivity index (χ4n) is 0.650. The zero-order chi connectivity index (χ0) is 10.2. The van der Waals surface area contributed by atoms with Gasteiger partial charge in [0, 0.05) is 41.7 Å². The molecular formula is C10H8NaO4. The Morgan fingerprint density at radius 2 is 1.13 bits per heavy atom. The molecule has 2 aromatic rings. The van der Waals surface area contributed by atoms with Crippen LogP contribution in [0.15, 0.2) is 67.3 Å². The summed E-state index contributed by atoms with van der Waals surface area (Å²) in [6, 6.07) is 9.29. The molecule has 0 atom stereocenters. The molecule has 0 aliphatic carbocycles. The van der Waals surface area contributed by atoms with Gasteiger partial charge in [0.1, 0.15) is 0 Å². The zero-order valence-electron chi connectivity index (χ0n) is 8.25. The van der Waals surface area contributed by atoms with Crippen molar-refractivity contribution in [2.45, 2.75) is 0 Å². The van der Waals surface area contributed by atoms with Crippen molar-refractivity contribution in [3.63, 3.8) is 0 Å². The Hall–Kier alpha value is -1.10. The molecule has 5 heteroatoms. The van der Waals surface area contributed by atoms with Crippen LogP contribution in [-0.2, 0) is 0 Å². The Morgan fingerprint density at radius 1 is 0.733 bits per heavy atom. The molecule has 73 valence electrons. The Labute approximate surface area is 108 Å². The first-order valence-corrected chi connectivity index (χ1v) is 3.87. The molecule has 0 N–H and O–H groups in total. The van der Waals surface area contributed by atoms with Crippen molar-refractivity contribution >= 4 is 29.6 Å². The molecule has 0 spiro atoms. The van der Waals surface area contributed by atoms with E-state index in [4.69, 9.17) is 0 Å². The maximum absolute atomic E-state index is 10.1. The summed E-state index contributed by atoms with van der Waals surface area (Å²) < 4.78 is 8.74. The third kappa shape index (κ3) is 6.90. The van der Waals surface area contributed by atoms with E-state index in [1.165, 1.54) is 24.7 Å². The molecule has 0 saturated heterocycles. The van der Waals surface area contributed by atoms with Crippen LogP contribution in [0.4, 0.5) is 0 Å². The second-order valence-electron chi connectivity index (χ2n) is 2.25. The molecule has 0 unspecified atom stereocenters. The minimum atomic E-state index is -0.303. The van der Waals surface area contributed by atoms with E-state index in [2.05, 4.69) is 8.83 Å². The monoisotopic (exact) mass is 215 g/mol. The summed E-state index contributed by atoms with van der Waals surface area (Å²) in [5.41, 5.74) is -0.606. The van der Waals surface area contributed by atoms with Gasteiger partial charge in [0.15, 0.2) is 0 Å². The zero-order valence-corrected chi connectivity index (χ0v) is 10.3. The molecule has 2 rings (SSSR count). The second-order valence-corrected chi connectivity index (χ2v) is 2.25. The predicted octanol–water partition coefficient (Wildman–Crippen LogP) is 0.899. The first-order chi connectivity index (χ1) is 6.79. The van der Waals surface area contributed by atoms with E-state index in [1.54, 1.807) is 24.3 Å². The molecule has 0 aromatic carbocycles. The van der Waals surface area contributed by atoms with Gasteiger partial charge in [-0.2, -0.15) is 0 Å². The molecule has 4 nitrogen and oxygen atoms in total. The van der Waals surface area contributed by atoms with Crippen molar-refractivity contribution in [2.75, 3.05) is 0 Å². The molecule has 0 aliphatic heterocycles. The summed E-state index contributed by atoms with van der Waals surface area (Å²) in [5, 5.41) is 0. The molecule has 0 fully saturated rings. The van der Waals surface area contributed by atoms with E-state index in [-0.39, 0.29) is 40.8 Å². The van der Waals surface area contributed by atoms with Crippen molar-refractivity contribution in [3.05, 3.63) is 69.8 Å². The normalized spacial score (nSPS) is 8.00. The molecule has 0 aliphatic rings. The maximum atomic E-state index is 10.1. The number of hydrogen-bond donors (Lipinski definition) is 0. The molecule has 2 heterocycles. The van der Waals surface area contributed by atoms with E-state index in [0.29, 0.717) is 0 Å². The quantitative estimate of drug-likeness (QED) is 0.612. The molecular weight excluding hydrogens is 207 g/mol. The van der Waals surface area contributed by atoms with E-state index >= 15 is 0 Å². The average Bonchev–Trinajstić information content (AvgIpc) is 2.21. The fraction of sp³-hybridized carbons (Fsp3) is 0. The van der Waals surface area contributed by atoms with Gasteiger partial charge in [-0.05, 0) is 12.1 Å². The molecule has 0 bridgehead atoms. The summed E-state index contributed by atoms with van der Waals surface area (Å²) in [7, 11) is 0. The first-order valence-electron chi connectivity index (χ1n) is 3.87. The Morgan fingerprint density at radius 3 is 1.27 bits per heavy atom. The van der Waals surface area contributed by atoms with Crippen LogP contribution in [0.1, 0.15) is 0 Å². The summed E-state index contributed by atoms with van der Waals surface area (Å²) in [6.45, 7) is 0. The van der Waals surface area contributed by atoms with Gasteiger partial charge in [0.2, 0.25) is 0 Å². The molecule has 0 amide bonds. The van der Waals surface area contributed by atoms with E-state index in [1.807, 2.05) is 0 Å². The van der Waals surface area contributed by atoms with Gasteiger partial charge in [-0.3, -0.25) is 0 Å². The second kappa shape index (κ2) is 8.23. The van der Waals surface area contributed by atoms with Gasteiger partial charge >= 0.3 is 11.3 Å². The number of rotatable bonds is 0. The molecule has 15 heavy (non-hydrogen) atoms. The summed E-state index contributed by atoms with van der Waals surface area (Å²) in [5.74, 6) is 0. The average molecular weight is 215 g/mol. The van der Waals surface area contributed by atoms with Crippen LogP contribution in [-0.4, -0.2) is 29.6 Å². The molecule has 1 radical (unpaired) electrons. The van der Waals surface area contributed by atoms with Crippen molar-refractivity contribution in [2.24, 2.45) is 0 Å². The van der Waals surface area contributed by atoms with Crippen LogP contribution in [0.3, 0.4) is 0 Å². The third-order valence-corrected chi connectivity index (χ3v) is 1.21.